The summed E-state index contributed by atoms with van der Waals surface area (Å²) in [5, 5.41) is 12.3. The fraction of sp³-hybridized carbons (Fsp3) is 0.143. The maximum Gasteiger partial charge on any atom is 0.266 e. The second-order valence-electron chi connectivity index (χ2n) is 3.15. The largest absolute Gasteiger partial charge is 0.394 e. The average molecular weight is 242 g/mol. The number of nitrogens with two attached hydrogens (primary N) is 1. The van der Waals surface area contributed by atoms with E-state index in [1.165, 1.54) is 12.4 Å². The maximum atomic E-state index is 11.7. The molecule has 0 fully saturated rings. The first-order chi connectivity index (χ1) is 7.50. The number of rotatable bonds is 3. The number of nitrogen functional groups attached to an aromatic ring is 1. The summed E-state index contributed by atoms with van der Waals surface area (Å²) in [6, 6.07) is 0. The van der Waals surface area contributed by atoms with Gasteiger partial charge in [0.15, 0.2) is 5.82 Å². The third-order valence-electron chi connectivity index (χ3n) is 2.01. The quantitative estimate of drug-likeness (QED) is 0.593. The minimum atomic E-state index is -3.69. The molecule has 0 aliphatic rings. The van der Waals surface area contributed by atoms with Crippen LogP contribution in [0.25, 0.3) is 0 Å². The van der Waals surface area contributed by atoms with E-state index in [4.69, 9.17) is 5.73 Å². The number of aromatic amines is 2. The SMILES string of the molecule is Cc1[nH]nc(NS(=O)(=O)c2cn[nH]c2)c1N. The zero-order chi connectivity index (χ0) is 11.8. The van der Waals surface area contributed by atoms with E-state index in [9.17, 15) is 8.42 Å². The molecule has 0 bridgehead atoms. The first-order valence-corrected chi connectivity index (χ1v) is 5.81. The number of aryl methyl sites for hydroxylation is 1. The second kappa shape index (κ2) is 3.52. The van der Waals surface area contributed by atoms with Crippen molar-refractivity contribution in [2.75, 3.05) is 10.5 Å². The van der Waals surface area contributed by atoms with Crippen molar-refractivity contribution in [1.29, 1.82) is 0 Å². The highest BCUT2D eigenvalue weighted by atomic mass is 32.2. The predicted octanol–water partition coefficient (Wildman–Crippen LogP) is -0.176. The van der Waals surface area contributed by atoms with Crippen LogP contribution in [0.15, 0.2) is 17.3 Å². The predicted molar refractivity (Wildman–Crippen MR) is 57.1 cm³/mol. The summed E-state index contributed by atoms with van der Waals surface area (Å²) in [4.78, 5) is 0.0209. The van der Waals surface area contributed by atoms with Crippen molar-refractivity contribution in [3.05, 3.63) is 18.1 Å². The Morgan fingerprint density at radius 2 is 2.25 bits per heavy atom. The molecule has 0 spiro atoms. The summed E-state index contributed by atoms with van der Waals surface area (Å²) >= 11 is 0. The van der Waals surface area contributed by atoms with Gasteiger partial charge in [0.25, 0.3) is 10.0 Å². The average Bonchev–Trinajstić information content (AvgIpc) is 2.83. The topological polar surface area (TPSA) is 130 Å². The van der Waals surface area contributed by atoms with Crippen LogP contribution in [0.2, 0.25) is 0 Å². The molecule has 0 aliphatic heterocycles. The van der Waals surface area contributed by atoms with Crippen LogP contribution in [-0.4, -0.2) is 28.8 Å². The van der Waals surface area contributed by atoms with Crippen LogP contribution in [0.5, 0.6) is 0 Å². The molecule has 2 rings (SSSR count). The number of aromatic nitrogens is 4. The third-order valence-corrected chi connectivity index (χ3v) is 3.31. The van der Waals surface area contributed by atoms with Gasteiger partial charge in [-0.3, -0.25) is 14.9 Å². The van der Waals surface area contributed by atoms with E-state index < -0.39 is 10.0 Å². The Hall–Kier alpha value is -2.03. The number of hydrogen-bond donors (Lipinski definition) is 4. The van der Waals surface area contributed by atoms with Crippen LogP contribution in [0.1, 0.15) is 5.69 Å². The molecular weight excluding hydrogens is 232 g/mol. The van der Waals surface area contributed by atoms with Gasteiger partial charge in [-0.1, -0.05) is 0 Å². The Morgan fingerprint density at radius 3 is 2.75 bits per heavy atom. The van der Waals surface area contributed by atoms with Crippen LogP contribution in [0.3, 0.4) is 0 Å². The first kappa shape index (κ1) is 10.5. The molecule has 0 atom stereocenters. The zero-order valence-electron chi connectivity index (χ0n) is 8.35. The van der Waals surface area contributed by atoms with Gasteiger partial charge in [-0.2, -0.15) is 10.2 Å². The lowest BCUT2D eigenvalue weighted by Gasteiger charge is -2.02. The molecule has 16 heavy (non-hydrogen) atoms. The molecule has 0 aromatic carbocycles. The highest BCUT2D eigenvalue weighted by Crippen LogP contribution is 2.21. The van der Waals surface area contributed by atoms with E-state index in [1.807, 2.05) is 0 Å². The molecule has 5 N–H and O–H groups in total. The third kappa shape index (κ3) is 1.72. The van der Waals surface area contributed by atoms with Crippen LogP contribution < -0.4 is 10.5 Å². The monoisotopic (exact) mass is 242 g/mol. The number of nitrogens with zero attached hydrogens (tertiary/aromatic N) is 2. The fourth-order valence-electron chi connectivity index (χ4n) is 1.09. The van der Waals surface area contributed by atoms with E-state index in [0.29, 0.717) is 5.69 Å². The lowest BCUT2D eigenvalue weighted by Crippen LogP contribution is -2.13. The molecule has 86 valence electrons. The van der Waals surface area contributed by atoms with Crippen molar-refractivity contribution in [2.24, 2.45) is 0 Å². The Balaban J connectivity index is 2.32. The Bertz CT molecular complexity index is 584. The van der Waals surface area contributed by atoms with Gasteiger partial charge in [0.2, 0.25) is 0 Å². The molecule has 0 amide bonds. The molecule has 0 radical (unpaired) electrons. The Labute approximate surface area is 91.3 Å². The van der Waals surface area contributed by atoms with Crippen molar-refractivity contribution in [3.8, 4) is 0 Å². The summed E-state index contributed by atoms with van der Waals surface area (Å²) in [6.07, 6.45) is 2.45. The number of sulfonamides is 1. The van der Waals surface area contributed by atoms with E-state index >= 15 is 0 Å². The summed E-state index contributed by atoms with van der Waals surface area (Å²) in [5.74, 6) is 0.0821. The molecule has 2 heterocycles. The van der Waals surface area contributed by atoms with Crippen LogP contribution in [-0.2, 0) is 10.0 Å². The van der Waals surface area contributed by atoms with E-state index in [0.717, 1.165) is 0 Å². The first-order valence-electron chi connectivity index (χ1n) is 4.33. The number of hydrogen-bond acceptors (Lipinski definition) is 5. The van der Waals surface area contributed by atoms with Crippen LogP contribution in [0.4, 0.5) is 11.5 Å². The van der Waals surface area contributed by atoms with Crippen molar-refractivity contribution < 1.29 is 8.42 Å². The minimum absolute atomic E-state index is 0.0209. The molecule has 0 saturated heterocycles. The number of nitrogens with one attached hydrogen (secondary N) is 3. The number of H-pyrrole nitrogens is 2. The lowest BCUT2D eigenvalue weighted by molar-refractivity contribution is 0.601. The van der Waals surface area contributed by atoms with E-state index in [2.05, 4.69) is 25.1 Å². The van der Waals surface area contributed by atoms with Gasteiger partial charge in [0, 0.05) is 6.20 Å². The highest BCUT2D eigenvalue weighted by molar-refractivity contribution is 7.92. The fourth-order valence-corrected chi connectivity index (χ4v) is 2.02. The summed E-state index contributed by atoms with van der Waals surface area (Å²) in [5.41, 5.74) is 6.49. The molecule has 2 aromatic rings. The molecule has 0 unspecified atom stereocenters. The number of anilines is 2. The molecule has 8 nitrogen and oxygen atoms in total. The van der Waals surface area contributed by atoms with Gasteiger partial charge in [-0.05, 0) is 6.92 Å². The van der Waals surface area contributed by atoms with Crippen molar-refractivity contribution in [2.45, 2.75) is 11.8 Å². The van der Waals surface area contributed by atoms with Gasteiger partial charge >= 0.3 is 0 Å². The molecule has 2 aromatic heterocycles. The molecule has 0 saturated carbocycles. The smallest absolute Gasteiger partial charge is 0.266 e. The standard InChI is InChI=1S/C7H10N6O2S/c1-4-6(8)7(12-11-4)13-16(14,15)5-2-9-10-3-5/h2-3H,8H2,1H3,(H,9,10)(H2,11,12,13). The van der Waals surface area contributed by atoms with Gasteiger partial charge in [-0.15, -0.1) is 0 Å². The zero-order valence-corrected chi connectivity index (χ0v) is 9.17. The molecule has 0 aliphatic carbocycles. The van der Waals surface area contributed by atoms with Gasteiger partial charge < -0.3 is 5.73 Å². The Kier molecular flexibility index (Phi) is 2.31. The van der Waals surface area contributed by atoms with Crippen molar-refractivity contribution >= 4 is 21.5 Å². The summed E-state index contributed by atoms with van der Waals surface area (Å²) in [6.45, 7) is 1.69. The van der Waals surface area contributed by atoms with Crippen molar-refractivity contribution in [1.82, 2.24) is 20.4 Å². The molecule has 9 heteroatoms. The van der Waals surface area contributed by atoms with Gasteiger partial charge in [0.1, 0.15) is 4.90 Å². The van der Waals surface area contributed by atoms with Gasteiger partial charge in [-0.25, -0.2) is 8.42 Å². The van der Waals surface area contributed by atoms with Crippen LogP contribution in [0, 0.1) is 6.92 Å². The maximum absolute atomic E-state index is 11.7. The lowest BCUT2D eigenvalue weighted by atomic mass is 10.4. The minimum Gasteiger partial charge on any atom is -0.394 e. The van der Waals surface area contributed by atoms with Gasteiger partial charge in [0.05, 0.1) is 17.6 Å². The summed E-state index contributed by atoms with van der Waals surface area (Å²) < 4.78 is 25.7. The van der Waals surface area contributed by atoms with Crippen molar-refractivity contribution in [3.63, 3.8) is 0 Å². The Morgan fingerprint density at radius 1 is 1.50 bits per heavy atom. The van der Waals surface area contributed by atoms with E-state index in [1.54, 1.807) is 6.92 Å². The normalized spacial score (nSPS) is 11.6. The second-order valence-corrected chi connectivity index (χ2v) is 4.83. The molecular formula is C7H10N6O2S. The van der Waals surface area contributed by atoms with E-state index in [-0.39, 0.29) is 16.4 Å². The van der Waals surface area contributed by atoms with Crippen LogP contribution >= 0.6 is 0 Å². The highest BCUT2D eigenvalue weighted by Gasteiger charge is 2.18. The summed E-state index contributed by atoms with van der Waals surface area (Å²) in [7, 11) is -3.69.